The molecule has 0 aromatic heterocycles. The highest BCUT2D eigenvalue weighted by molar-refractivity contribution is 6.07. The van der Waals surface area contributed by atoms with E-state index in [0.717, 1.165) is 16.9 Å². The summed E-state index contributed by atoms with van der Waals surface area (Å²) in [6.07, 6.45) is -2.14. The molecule has 8 aromatic rings. The third-order valence-corrected chi connectivity index (χ3v) is 13.7. The van der Waals surface area contributed by atoms with Gasteiger partial charge in [0.2, 0.25) is 0 Å². The lowest BCUT2D eigenvalue weighted by Crippen LogP contribution is -2.22. The Balaban J connectivity index is 0.000000318. The van der Waals surface area contributed by atoms with Crippen molar-refractivity contribution in [2.75, 3.05) is 93.2 Å². The van der Waals surface area contributed by atoms with Gasteiger partial charge in [-0.15, -0.1) is 0 Å². The monoisotopic (exact) mass is 1310 g/mol. The zero-order valence-electron chi connectivity index (χ0n) is 53.6. The first-order chi connectivity index (χ1) is 46.2. The van der Waals surface area contributed by atoms with Crippen LogP contribution in [0.5, 0.6) is 23.0 Å². The zero-order chi connectivity index (χ0) is 67.4. The van der Waals surface area contributed by atoms with Gasteiger partial charge in [0.1, 0.15) is 56.0 Å². The molecule has 95 heavy (non-hydrogen) atoms. The Morgan fingerprint density at radius 1 is 0.337 bits per heavy atom. The van der Waals surface area contributed by atoms with Crippen molar-refractivity contribution in [3.63, 3.8) is 0 Å². The van der Waals surface area contributed by atoms with Gasteiger partial charge in [-0.1, -0.05) is 121 Å². The number of esters is 5. The molecule has 8 aromatic carbocycles. The fourth-order valence-electron chi connectivity index (χ4n) is 8.66. The fraction of sp³-hybridized carbons (Fsp3) is 0.315. The smallest absolute Gasteiger partial charge is 0.467 e. The highest BCUT2D eigenvalue weighted by Crippen LogP contribution is 2.31. The van der Waals surface area contributed by atoms with Crippen molar-refractivity contribution in [1.29, 1.82) is 0 Å². The van der Waals surface area contributed by atoms with Crippen LogP contribution in [0.1, 0.15) is 79.8 Å². The molecule has 0 N–H and O–H groups in total. The van der Waals surface area contributed by atoms with Gasteiger partial charge in [-0.2, -0.15) is 0 Å². The number of para-hydroxylation sites is 2. The van der Waals surface area contributed by atoms with Gasteiger partial charge in [0.15, 0.2) is 27.2 Å². The summed E-state index contributed by atoms with van der Waals surface area (Å²) < 4.78 is 86.8. The molecule has 0 aliphatic carbocycles. The first-order valence-corrected chi connectivity index (χ1v) is 30.6. The second-order valence-corrected chi connectivity index (χ2v) is 20.9. The van der Waals surface area contributed by atoms with Gasteiger partial charge in [0, 0.05) is 10.8 Å². The Hall–Kier alpha value is -9.94. The highest BCUT2D eigenvalue weighted by Gasteiger charge is 2.19. The van der Waals surface area contributed by atoms with Crippen molar-refractivity contribution in [1.82, 2.24) is 0 Å². The number of benzene rings is 8. The molecule has 0 amide bonds. The van der Waals surface area contributed by atoms with Crippen LogP contribution in [-0.2, 0) is 61.6 Å². The normalized spacial score (nSPS) is 11.8. The van der Waals surface area contributed by atoms with E-state index in [-0.39, 0.29) is 99.7 Å². The third-order valence-electron chi connectivity index (χ3n) is 13.7. The molecule has 0 radical (unpaired) electrons. The molecular weight excluding hydrogens is 1230 g/mol. The first-order valence-electron chi connectivity index (χ1n) is 30.6. The number of hydrogen-bond donors (Lipinski definition) is 0. The molecule has 0 fully saturated rings. The standard InChI is InChI=1S/C49H50O12.C24H28O10/c1-32-14-6-8-16-37(32)47(50)53-26-34(3)57-30-60-45-24-12-18-39-40(45)19-11-22-43(39)49(52)55-28-36(5)58-31-61-46-25-13-17-38-41(46)20-10-21-42(38)48(51)54-27-35(4)56-29-59-44-23-9-7-15-33(44)2;25-22(34-21-9-5-2-6-10-21)11-12-28-16-18-32-24(27)33-19-30-14-13-29-15-17-31-23(26)20-7-3-1-4-8-20/h6-25,34-36H,26-31H2,1-5H3;1-10H,11-19H2. The first kappa shape index (κ1) is 72.5. The molecule has 0 aliphatic heterocycles. The Kier molecular flexibility index (Phi) is 30.7. The minimum absolute atomic E-state index is 0.0272. The quantitative estimate of drug-likeness (QED) is 0.0115. The maximum Gasteiger partial charge on any atom is 0.510 e. The summed E-state index contributed by atoms with van der Waals surface area (Å²) in [5.74, 6) is -0.0292. The Morgan fingerprint density at radius 2 is 0.758 bits per heavy atom. The zero-order valence-corrected chi connectivity index (χ0v) is 53.6. The van der Waals surface area contributed by atoms with Gasteiger partial charge < -0.3 is 75.8 Å². The summed E-state index contributed by atoms with van der Waals surface area (Å²) in [6.45, 7) is 9.72. The Bertz CT molecular complexity index is 3690. The molecular formula is C73H78O22. The molecule has 502 valence electrons. The van der Waals surface area contributed by atoms with E-state index < -0.39 is 54.3 Å². The molecule has 3 unspecified atom stereocenters. The van der Waals surface area contributed by atoms with Crippen molar-refractivity contribution >= 4 is 57.5 Å². The predicted molar refractivity (Wildman–Crippen MR) is 348 cm³/mol. The second-order valence-electron chi connectivity index (χ2n) is 20.9. The van der Waals surface area contributed by atoms with Crippen LogP contribution in [0.2, 0.25) is 0 Å². The summed E-state index contributed by atoms with van der Waals surface area (Å²) >= 11 is 0. The number of aryl methyl sites for hydroxylation is 2. The van der Waals surface area contributed by atoms with E-state index in [1.54, 1.807) is 130 Å². The van der Waals surface area contributed by atoms with Gasteiger partial charge in [-0.3, -0.25) is 4.79 Å². The van der Waals surface area contributed by atoms with Crippen LogP contribution in [0.25, 0.3) is 21.5 Å². The van der Waals surface area contributed by atoms with E-state index in [9.17, 15) is 28.8 Å². The third kappa shape index (κ3) is 25.1. The number of ether oxygens (including phenoxy) is 16. The van der Waals surface area contributed by atoms with Gasteiger partial charge in [-0.05, 0) is 117 Å². The number of rotatable bonds is 37. The van der Waals surface area contributed by atoms with E-state index in [2.05, 4.69) is 0 Å². The highest BCUT2D eigenvalue weighted by atomic mass is 16.8. The fourth-order valence-corrected chi connectivity index (χ4v) is 8.66. The molecule has 0 saturated carbocycles. The lowest BCUT2D eigenvalue weighted by molar-refractivity contribution is -0.135. The van der Waals surface area contributed by atoms with Crippen molar-refractivity contribution in [3.05, 3.63) is 215 Å². The van der Waals surface area contributed by atoms with E-state index in [1.165, 1.54) is 0 Å². The molecule has 0 bridgehead atoms. The molecule has 0 spiro atoms. The molecule has 0 heterocycles. The predicted octanol–water partition coefficient (Wildman–Crippen LogP) is 12.4. The van der Waals surface area contributed by atoms with Crippen molar-refractivity contribution in [3.8, 4) is 23.0 Å². The summed E-state index contributed by atoms with van der Waals surface area (Å²) in [7, 11) is 0. The molecule has 22 heteroatoms. The van der Waals surface area contributed by atoms with Crippen LogP contribution in [0.4, 0.5) is 4.79 Å². The van der Waals surface area contributed by atoms with Crippen LogP contribution in [0.3, 0.4) is 0 Å². The van der Waals surface area contributed by atoms with Gasteiger partial charge in [-0.25, -0.2) is 24.0 Å². The number of hydrogen-bond acceptors (Lipinski definition) is 22. The maximum absolute atomic E-state index is 13.3. The molecule has 0 aliphatic rings. The summed E-state index contributed by atoms with van der Waals surface area (Å²) in [6, 6.07) is 53.6. The molecule has 8 rings (SSSR count). The van der Waals surface area contributed by atoms with Crippen molar-refractivity contribution in [2.45, 2.75) is 59.4 Å². The van der Waals surface area contributed by atoms with E-state index in [1.807, 2.05) is 86.6 Å². The maximum atomic E-state index is 13.3. The summed E-state index contributed by atoms with van der Waals surface area (Å²) in [5, 5.41) is 2.71. The number of fused-ring (bicyclic) bond motifs is 2. The van der Waals surface area contributed by atoms with Crippen LogP contribution in [-0.4, -0.2) is 148 Å². The van der Waals surface area contributed by atoms with Gasteiger partial charge >= 0.3 is 36.0 Å². The second kappa shape index (κ2) is 40.2. The van der Waals surface area contributed by atoms with Crippen molar-refractivity contribution < 1.29 is 105 Å². The van der Waals surface area contributed by atoms with Gasteiger partial charge in [0.25, 0.3) is 0 Å². The Morgan fingerprint density at radius 3 is 1.32 bits per heavy atom. The van der Waals surface area contributed by atoms with E-state index in [0.29, 0.717) is 61.0 Å². The largest absolute Gasteiger partial charge is 0.510 e. The summed E-state index contributed by atoms with van der Waals surface area (Å²) in [4.78, 5) is 73.6. The SMILES string of the molecule is Cc1ccccc1OCOC(C)COC(=O)c1cccc2c(OCOC(C)COC(=O)c3cccc4c(OCOC(C)COC(=O)c5ccccc5C)cccc34)cccc12.O=C(CCOCCOC(=O)OCOCCOCCOC(=O)c1ccccc1)Oc1ccccc1. The van der Waals surface area contributed by atoms with Crippen LogP contribution < -0.4 is 18.9 Å². The van der Waals surface area contributed by atoms with Crippen LogP contribution in [0, 0.1) is 13.8 Å². The average molecular weight is 1310 g/mol. The number of carbonyl (C=O) groups is 6. The minimum Gasteiger partial charge on any atom is -0.467 e. The average Bonchev–Trinajstić information content (AvgIpc) is 0.879. The summed E-state index contributed by atoms with van der Waals surface area (Å²) in [5.41, 5.74) is 3.57. The van der Waals surface area contributed by atoms with E-state index in [4.69, 9.17) is 75.8 Å². The molecule has 0 saturated heterocycles. The van der Waals surface area contributed by atoms with E-state index >= 15 is 0 Å². The van der Waals surface area contributed by atoms with Crippen LogP contribution in [0.15, 0.2) is 182 Å². The van der Waals surface area contributed by atoms with Gasteiger partial charge in [0.05, 0.1) is 80.0 Å². The molecule has 22 nitrogen and oxygen atoms in total. The lowest BCUT2D eigenvalue weighted by atomic mass is 10.0. The minimum atomic E-state index is -0.902. The van der Waals surface area contributed by atoms with Crippen LogP contribution >= 0.6 is 0 Å². The topological polar surface area (TPSA) is 250 Å². The number of carbonyl (C=O) groups excluding carboxylic acids is 6. The Labute approximate surface area is 550 Å². The lowest BCUT2D eigenvalue weighted by Gasteiger charge is -2.17. The molecule has 3 atom stereocenters. The van der Waals surface area contributed by atoms with Crippen molar-refractivity contribution in [2.24, 2.45) is 0 Å².